The highest BCUT2D eigenvalue weighted by atomic mass is 35.5. The Kier molecular flexibility index (Phi) is 2.48. The summed E-state index contributed by atoms with van der Waals surface area (Å²) >= 11 is 5.96. The maximum absolute atomic E-state index is 5.96. The highest BCUT2D eigenvalue weighted by Gasteiger charge is 2.14. The van der Waals surface area contributed by atoms with E-state index in [1.54, 1.807) is 4.40 Å². The molecule has 0 spiro atoms. The lowest BCUT2D eigenvalue weighted by molar-refractivity contribution is 0.308. The standard InChI is InChI=1S/C9H11ClN4O/c1-4-15-9-13-12-8-7(10)11-5(2)6(3)14(8)9/h4H2,1-3H3. The predicted octanol–water partition coefficient (Wildman–Crippen LogP) is 1.79. The van der Waals surface area contributed by atoms with E-state index in [0.717, 1.165) is 11.4 Å². The summed E-state index contributed by atoms with van der Waals surface area (Å²) in [6, 6.07) is 0.456. The Labute approximate surface area is 92.1 Å². The molecule has 0 atom stereocenters. The molecule has 6 heteroatoms. The maximum Gasteiger partial charge on any atom is 0.321 e. The van der Waals surface area contributed by atoms with Gasteiger partial charge < -0.3 is 4.74 Å². The molecular weight excluding hydrogens is 216 g/mol. The van der Waals surface area contributed by atoms with E-state index in [2.05, 4.69) is 15.2 Å². The second-order valence-electron chi connectivity index (χ2n) is 3.15. The summed E-state index contributed by atoms with van der Waals surface area (Å²) < 4.78 is 7.12. The Morgan fingerprint density at radius 1 is 1.33 bits per heavy atom. The van der Waals surface area contributed by atoms with Gasteiger partial charge in [-0.15, -0.1) is 5.10 Å². The Bertz CT molecular complexity index is 508. The van der Waals surface area contributed by atoms with E-state index in [1.807, 2.05) is 20.8 Å². The molecule has 80 valence electrons. The van der Waals surface area contributed by atoms with E-state index >= 15 is 0 Å². The van der Waals surface area contributed by atoms with E-state index in [-0.39, 0.29) is 0 Å². The molecule has 2 aromatic rings. The lowest BCUT2D eigenvalue weighted by Gasteiger charge is -2.06. The summed E-state index contributed by atoms with van der Waals surface area (Å²) in [5.41, 5.74) is 2.30. The van der Waals surface area contributed by atoms with E-state index in [9.17, 15) is 0 Å². The van der Waals surface area contributed by atoms with E-state index in [1.165, 1.54) is 0 Å². The van der Waals surface area contributed by atoms with Crippen molar-refractivity contribution in [2.75, 3.05) is 6.61 Å². The largest absolute Gasteiger partial charge is 0.464 e. The first-order chi connectivity index (χ1) is 7.15. The van der Waals surface area contributed by atoms with Gasteiger partial charge in [0, 0.05) is 5.69 Å². The molecule has 0 aliphatic rings. The quantitative estimate of drug-likeness (QED) is 0.784. The number of rotatable bonds is 2. The van der Waals surface area contributed by atoms with Crippen LogP contribution >= 0.6 is 11.6 Å². The molecule has 0 saturated carbocycles. The third kappa shape index (κ3) is 1.52. The number of ether oxygens (including phenoxy) is 1. The Morgan fingerprint density at radius 2 is 2.07 bits per heavy atom. The van der Waals surface area contributed by atoms with Gasteiger partial charge in [0.15, 0.2) is 5.15 Å². The van der Waals surface area contributed by atoms with Crippen LogP contribution in [0.25, 0.3) is 5.65 Å². The number of hydrogen-bond donors (Lipinski definition) is 0. The van der Waals surface area contributed by atoms with Gasteiger partial charge in [-0.2, -0.15) is 0 Å². The van der Waals surface area contributed by atoms with E-state index in [4.69, 9.17) is 16.3 Å². The van der Waals surface area contributed by atoms with Gasteiger partial charge in [-0.25, -0.2) is 9.38 Å². The van der Waals surface area contributed by atoms with Gasteiger partial charge in [0.25, 0.3) is 0 Å². The first kappa shape index (κ1) is 10.2. The van der Waals surface area contributed by atoms with Crippen molar-refractivity contribution in [3.05, 3.63) is 16.5 Å². The van der Waals surface area contributed by atoms with Crippen LogP contribution in [0, 0.1) is 13.8 Å². The number of hydrogen-bond acceptors (Lipinski definition) is 4. The summed E-state index contributed by atoms with van der Waals surface area (Å²) in [6.45, 7) is 6.25. The zero-order valence-corrected chi connectivity index (χ0v) is 9.54. The number of aryl methyl sites for hydroxylation is 2. The minimum atomic E-state index is 0.344. The smallest absolute Gasteiger partial charge is 0.321 e. The van der Waals surface area contributed by atoms with Crippen LogP contribution in [-0.2, 0) is 0 Å². The van der Waals surface area contributed by atoms with Crippen molar-refractivity contribution in [1.82, 2.24) is 19.6 Å². The molecule has 15 heavy (non-hydrogen) atoms. The fraction of sp³-hybridized carbons (Fsp3) is 0.444. The van der Waals surface area contributed by atoms with Crippen molar-refractivity contribution in [3.63, 3.8) is 0 Å². The van der Waals surface area contributed by atoms with Crippen LogP contribution in [-0.4, -0.2) is 26.2 Å². The van der Waals surface area contributed by atoms with E-state index in [0.29, 0.717) is 23.4 Å². The molecular formula is C9H11ClN4O. The monoisotopic (exact) mass is 226 g/mol. The zero-order valence-electron chi connectivity index (χ0n) is 8.78. The van der Waals surface area contributed by atoms with Gasteiger partial charge in [-0.1, -0.05) is 16.7 Å². The Morgan fingerprint density at radius 3 is 2.73 bits per heavy atom. The SMILES string of the molecule is CCOc1nnc2c(Cl)nc(C)c(C)n12. The molecule has 0 amide bonds. The topological polar surface area (TPSA) is 52.3 Å². The molecule has 0 fully saturated rings. The predicted molar refractivity (Wildman–Crippen MR) is 56.4 cm³/mol. The number of aromatic nitrogens is 4. The van der Waals surface area contributed by atoms with Crippen molar-refractivity contribution >= 4 is 17.2 Å². The first-order valence-electron chi connectivity index (χ1n) is 4.65. The number of nitrogens with zero attached hydrogens (tertiary/aromatic N) is 4. The van der Waals surface area contributed by atoms with Crippen molar-refractivity contribution in [1.29, 1.82) is 0 Å². The summed E-state index contributed by atoms with van der Waals surface area (Å²) in [5.74, 6) is 0. The summed E-state index contributed by atoms with van der Waals surface area (Å²) in [7, 11) is 0. The van der Waals surface area contributed by atoms with Crippen molar-refractivity contribution in [2.24, 2.45) is 0 Å². The molecule has 0 unspecified atom stereocenters. The summed E-state index contributed by atoms with van der Waals surface area (Å²) in [5, 5.41) is 8.19. The van der Waals surface area contributed by atoms with Crippen LogP contribution in [0.15, 0.2) is 0 Å². The van der Waals surface area contributed by atoms with Gasteiger partial charge in [-0.3, -0.25) is 0 Å². The fourth-order valence-corrected chi connectivity index (χ4v) is 1.62. The molecule has 0 aliphatic carbocycles. The lowest BCUT2D eigenvalue weighted by atomic mass is 10.3. The number of halogens is 1. The molecule has 2 aromatic heterocycles. The molecule has 0 N–H and O–H groups in total. The third-order valence-corrected chi connectivity index (χ3v) is 2.47. The van der Waals surface area contributed by atoms with Crippen LogP contribution in [0.5, 0.6) is 6.01 Å². The molecule has 0 bridgehead atoms. The third-order valence-electron chi connectivity index (χ3n) is 2.22. The van der Waals surface area contributed by atoms with Crippen molar-refractivity contribution < 1.29 is 4.74 Å². The molecule has 5 nitrogen and oxygen atoms in total. The normalized spacial score (nSPS) is 10.9. The van der Waals surface area contributed by atoms with Crippen LogP contribution in [0.3, 0.4) is 0 Å². The highest BCUT2D eigenvalue weighted by molar-refractivity contribution is 6.32. The van der Waals surface area contributed by atoms with Gasteiger partial charge in [0.05, 0.1) is 12.3 Å². The summed E-state index contributed by atoms with van der Waals surface area (Å²) in [4.78, 5) is 4.16. The second-order valence-corrected chi connectivity index (χ2v) is 3.51. The minimum Gasteiger partial charge on any atom is -0.464 e. The van der Waals surface area contributed by atoms with Gasteiger partial charge in [-0.05, 0) is 20.8 Å². The van der Waals surface area contributed by atoms with Crippen LogP contribution in [0.2, 0.25) is 5.15 Å². The maximum atomic E-state index is 5.96. The minimum absolute atomic E-state index is 0.344. The first-order valence-corrected chi connectivity index (χ1v) is 5.03. The van der Waals surface area contributed by atoms with Gasteiger partial charge >= 0.3 is 6.01 Å². The molecule has 0 aliphatic heterocycles. The Hall–Kier alpha value is -1.36. The van der Waals surface area contributed by atoms with Crippen LogP contribution in [0.4, 0.5) is 0 Å². The van der Waals surface area contributed by atoms with Crippen molar-refractivity contribution in [3.8, 4) is 6.01 Å². The highest BCUT2D eigenvalue weighted by Crippen LogP contribution is 2.21. The van der Waals surface area contributed by atoms with Crippen molar-refractivity contribution in [2.45, 2.75) is 20.8 Å². The van der Waals surface area contributed by atoms with E-state index < -0.39 is 0 Å². The Balaban J connectivity index is 2.77. The zero-order chi connectivity index (χ0) is 11.0. The van der Waals surface area contributed by atoms with Gasteiger partial charge in [0.2, 0.25) is 5.65 Å². The number of fused-ring (bicyclic) bond motifs is 1. The summed E-state index contributed by atoms with van der Waals surface area (Å²) in [6.07, 6.45) is 0. The average Bonchev–Trinajstić information content (AvgIpc) is 2.60. The van der Waals surface area contributed by atoms with Crippen LogP contribution in [0.1, 0.15) is 18.3 Å². The average molecular weight is 227 g/mol. The molecule has 0 aromatic carbocycles. The van der Waals surface area contributed by atoms with Gasteiger partial charge in [0.1, 0.15) is 0 Å². The lowest BCUT2D eigenvalue weighted by Crippen LogP contribution is -2.03. The molecule has 2 heterocycles. The second kappa shape index (κ2) is 3.66. The molecule has 0 radical (unpaired) electrons. The molecule has 0 saturated heterocycles. The van der Waals surface area contributed by atoms with Crippen LogP contribution < -0.4 is 4.74 Å². The molecule has 2 rings (SSSR count). The fourth-order valence-electron chi connectivity index (χ4n) is 1.37.